The molecule has 1 rings (SSSR count). The van der Waals surface area contributed by atoms with Gasteiger partial charge >= 0.3 is 0 Å². The maximum absolute atomic E-state index is 4.33. The first kappa shape index (κ1) is 15.2. The molecule has 18 heavy (non-hydrogen) atoms. The maximum atomic E-state index is 4.33. The van der Waals surface area contributed by atoms with Crippen LogP contribution in [0.4, 0.5) is 0 Å². The highest BCUT2D eigenvalue weighted by molar-refractivity contribution is 4.88. The van der Waals surface area contributed by atoms with E-state index in [2.05, 4.69) is 50.0 Å². The van der Waals surface area contributed by atoms with Gasteiger partial charge in [0.15, 0.2) is 0 Å². The molecule has 4 nitrogen and oxygen atoms in total. The minimum atomic E-state index is 0.176. The van der Waals surface area contributed by atoms with Crippen molar-refractivity contribution >= 4 is 0 Å². The molecule has 1 aromatic rings. The van der Waals surface area contributed by atoms with E-state index in [0.29, 0.717) is 11.8 Å². The predicted octanol–water partition coefficient (Wildman–Crippen LogP) is 2.41. The average Bonchev–Trinajstić information content (AvgIpc) is 2.59. The molecule has 1 N–H and O–H groups in total. The van der Waals surface area contributed by atoms with Crippen LogP contribution in [0.15, 0.2) is 6.33 Å². The molecule has 0 aliphatic rings. The van der Waals surface area contributed by atoms with Gasteiger partial charge in [0.2, 0.25) is 0 Å². The highest BCUT2D eigenvalue weighted by atomic mass is 15.3. The first-order valence-electron chi connectivity index (χ1n) is 6.86. The van der Waals surface area contributed by atoms with Crippen molar-refractivity contribution in [2.24, 2.45) is 18.9 Å². The van der Waals surface area contributed by atoms with E-state index in [0.717, 1.165) is 18.8 Å². The highest BCUT2D eigenvalue weighted by Crippen LogP contribution is 2.16. The van der Waals surface area contributed by atoms with Gasteiger partial charge < -0.3 is 5.32 Å². The molecule has 1 atom stereocenters. The van der Waals surface area contributed by atoms with Crippen LogP contribution in [0, 0.1) is 11.8 Å². The Hall–Kier alpha value is -0.900. The molecule has 1 unspecified atom stereocenters. The van der Waals surface area contributed by atoms with Crippen molar-refractivity contribution in [1.82, 2.24) is 20.1 Å². The van der Waals surface area contributed by atoms with Crippen molar-refractivity contribution in [3.05, 3.63) is 12.2 Å². The standard InChI is InChI=1S/C14H28N4/c1-11(2)7-12(9-16-14(3,4)5)8-13-15-10-17-18(13)6/h10-12,16H,7-9H2,1-6H3. The lowest BCUT2D eigenvalue weighted by Crippen LogP contribution is -2.40. The fraction of sp³-hybridized carbons (Fsp3) is 0.857. The number of nitrogens with one attached hydrogen (secondary N) is 1. The number of rotatable bonds is 6. The van der Waals surface area contributed by atoms with Gasteiger partial charge in [-0.05, 0) is 45.6 Å². The quantitative estimate of drug-likeness (QED) is 0.845. The van der Waals surface area contributed by atoms with Gasteiger partial charge in [0.1, 0.15) is 12.2 Å². The van der Waals surface area contributed by atoms with Crippen LogP contribution in [-0.2, 0) is 13.5 Å². The number of nitrogens with zero attached hydrogens (tertiary/aromatic N) is 3. The van der Waals surface area contributed by atoms with Gasteiger partial charge in [-0.15, -0.1) is 0 Å². The molecule has 0 saturated heterocycles. The fourth-order valence-electron chi connectivity index (χ4n) is 2.12. The van der Waals surface area contributed by atoms with Gasteiger partial charge in [-0.1, -0.05) is 13.8 Å². The summed E-state index contributed by atoms with van der Waals surface area (Å²) in [4.78, 5) is 4.33. The highest BCUT2D eigenvalue weighted by Gasteiger charge is 2.17. The summed E-state index contributed by atoms with van der Waals surface area (Å²) in [5.74, 6) is 2.41. The van der Waals surface area contributed by atoms with E-state index < -0.39 is 0 Å². The second-order valence-corrected chi connectivity index (χ2v) is 6.63. The largest absolute Gasteiger partial charge is 0.312 e. The first-order chi connectivity index (χ1) is 8.28. The summed E-state index contributed by atoms with van der Waals surface area (Å²) >= 11 is 0. The van der Waals surface area contributed by atoms with Crippen LogP contribution in [0.3, 0.4) is 0 Å². The van der Waals surface area contributed by atoms with Crippen molar-refractivity contribution in [3.8, 4) is 0 Å². The molecule has 0 aliphatic heterocycles. The maximum Gasteiger partial charge on any atom is 0.138 e. The van der Waals surface area contributed by atoms with Gasteiger partial charge in [-0.2, -0.15) is 5.10 Å². The van der Waals surface area contributed by atoms with E-state index >= 15 is 0 Å². The Labute approximate surface area is 111 Å². The molecular formula is C14H28N4. The third-order valence-electron chi connectivity index (χ3n) is 3.00. The van der Waals surface area contributed by atoms with Gasteiger partial charge in [-0.25, -0.2) is 4.98 Å². The molecule has 1 heterocycles. The van der Waals surface area contributed by atoms with E-state index in [-0.39, 0.29) is 5.54 Å². The van der Waals surface area contributed by atoms with Crippen LogP contribution in [-0.4, -0.2) is 26.8 Å². The molecule has 0 spiro atoms. The lowest BCUT2D eigenvalue weighted by atomic mass is 9.93. The Morgan fingerprint density at radius 1 is 1.33 bits per heavy atom. The minimum absolute atomic E-state index is 0.176. The topological polar surface area (TPSA) is 42.7 Å². The zero-order chi connectivity index (χ0) is 13.8. The van der Waals surface area contributed by atoms with Crippen LogP contribution in [0.25, 0.3) is 0 Å². The van der Waals surface area contributed by atoms with Crippen LogP contribution in [0.2, 0.25) is 0 Å². The molecule has 0 saturated carbocycles. The zero-order valence-corrected chi connectivity index (χ0v) is 12.7. The van der Waals surface area contributed by atoms with Crippen LogP contribution >= 0.6 is 0 Å². The molecular weight excluding hydrogens is 224 g/mol. The van der Waals surface area contributed by atoms with Gasteiger partial charge in [0.25, 0.3) is 0 Å². The molecule has 0 fully saturated rings. The number of hydrogen-bond donors (Lipinski definition) is 1. The molecule has 0 aromatic carbocycles. The average molecular weight is 252 g/mol. The Bertz CT molecular complexity index is 349. The summed E-state index contributed by atoms with van der Waals surface area (Å²) in [6.45, 7) is 12.2. The van der Waals surface area contributed by atoms with Crippen LogP contribution < -0.4 is 5.32 Å². The third-order valence-corrected chi connectivity index (χ3v) is 3.00. The normalized spacial score (nSPS) is 14.2. The summed E-state index contributed by atoms with van der Waals surface area (Å²) in [7, 11) is 1.96. The van der Waals surface area contributed by atoms with E-state index in [1.165, 1.54) is 6.42 Å². The summed E-state index contributed by atoms with van der Waals surface area (Å²) in [5, 5.41) is 7.74. The molecule has 4 heteroatoms. The molecule has 0 radical (unpaired) electrons. The van der Waals surface area contributed by atoms with E-state index in [4.69, 9.17) is 0 Å². The number of aromatic nitrogens is 3. The lowest BCUT2D eigenvalue weighted by molar-refractivity contribution is 0.326. The summed E-state index contributed by atoms with van der Waals surface area (Å²) in [6, 6.07) is 0. The molecule has 0 aliphatic carbocycles. The van der Waals surface area contributed by atoms with E-state index in [1.54, 1.807) is 6.33 Å². The second-order valence-electron chi connectivity index (χ2n) is 6.63. The van der Waals surface area contributed by atoms with Crippen LogP contribution in [0.1, 0.15) is 46.9 Å². The predicted molar refractivity (Wildman–Crippen MR) is 75.4 cm³/mol. The Balaban J connectivity index is 2.58. The summed E-state index contributed by atoms with van der Waals surface area (Å²) in [5.41, 5.74) is 0.176. The summed E-state index contributed by atoms with van der Waals surface area (Å²) in [6.07, 6.45) is 3.85. The molecule has 0 amide bonds. The van der Waals surface area contributed by atoms with Crippen molar-refractivity contribution < 1.29 is 0 Å². The van der Waals surface area contributed by atoms with Gasteiger partial charge in [0, 0.05) is 19.0 Å². The van der Waals surface area contributed by atoms with Crippen molar-refractivity contribution in [2.45, 2.75) is 53.0 Å². The summed E-state index contributed by atoms with van der Waals surface area (Å²) < 4.78 is 1.88. The van der Waals surface area contributed by atoms with Crippen molar-refractivity contribution in [2.75, 3.05) is 6.54 Å². The lowest BCUT2D eigenvalue weighted by Gasteiger charge is -2.26. The van der Waals surface area contributed by atoms with Crippen LogP contribution in [0.5, 0.6) is 0 Å². The van der Waals surface area contributed by atoms with Gasteiger partial charge in [0.05, 0.1) is 0 Å². The van der Waals surface area contributed by atoms with E-state index in [1.807, 2.05) is 11.7 Å². The molecule has 1 aromatic heterocycles. The smallest absolute Gasteiger partial charge is 0.138 e. The third kappa shape index (κ3) is 5.63. The fourth-order valence-corrected chi connectivity index (χ4v) is 2.12. The minimum Gasteiger partial charge on any atom is -0.312 e. The van der Waals surface area contributed by atoms with Crippen molar-refractivity contribution in [1.29, 1.82) is 0 Å². The first-order valence-corrected chi connectivity index (χ1v) is 6.86. The number of hydrogen-bond acceptors (Lipinski definition) is 3. The monoisotopic (exact) mass is 252 g/mol. The Morgan fingerprint density at radius 3 is 2.44 bits per heavy atom. The second kappa shape index (κ2) is 6.32. The van der Waals surface area contributed by atoms with E-state index in [9.17, 15) is 0 Å². The Kier molecular flexibility index (Phi) is 5.32. The molecule has 104 valence electrons. The SMILES string of the molecule is CC(C)CC(CNC(C)(C)C)Cc1ncnn1C. The van der Waals surface area contributed by atoms with Crippen molar-refractivity contribution in [3.63, 3.8) is 0 Å². The number of aryl methyl sites for hydroxylation is 1. The zero-order valence-electron chi connectivity index (χ0n) is 12.7. The Morgan fingerprint density at radius 2 is 2.00 bits per heavy atom. The van der Waals surface area contributed by atoms with Gasteiger partial charge in [-0.3, -0.25) is 4.68 Å². The molecule has 0 bridgehead atoms.